The van der Waals surface area contributed by atoms with Gasteiger partial charge in [0.15, 0.2) is 5.82 Å². The molecular formula is C14H16N2. The van der Waals surface area contributed by atoms with E-state index in [1.807, 2.05) is 6.07 Å². The van der Waals surface area contributed by atoms with E-state index in [1.165, 1.54) is 5.56 Å². The first-order valence-electron chi connectivity index (χ1n) is 5.62. The molecule has 0 saturated heterocycles. The van der Waals surface area contributed by atoms with Crippen molar-refractivity contribution in [2.75, 3.05) is 0 Å². The van der Waals surface area contributed by atoms with E-state index >= 15 is 0 Å². The average Bonchev–Trinajstić information content (AvgIpc) is 2.30. The van der Waals surface area contributed by atoms with Crippen molar-refractivity contribution < 1.29 is 0 Å². The Morgan fingerprint density at radius 1 is 1.00 bits per heavy atom. The Kier molecular flexibility index (Phi) is 3.30. The summed E-state index contributed by atoms with van der Waals surface area (Å²) in [7, 11) is 0. The molecule has 2 aromatic rings. The molecule has 0 bridgehead atoms. The molecule has 0 N–H and O–H groups in total. The van der Waals surface area contributed by atoms with Crippen LogP contribution in [0, 0.1) is 5.92 Å². The smallest absolute Gasteiger partial charge is 0.159 e. The van der Waals surface area contributed by atoms with Crippen LogP contribution in [0.2, 0.25) is 0 Å². The molecule has 0 atom stereocenters. The van der Waals surface area contributed by atoms with Gasteiger partial charge in [-0.1, -0.05) is 38.1 Å². The molecule has 0 aliphatic heterocycles. The third kappa shape index (κ3) is 2.66. The van der Waals surface area contributed by atoms with Crippen LogP contribution < -0.4 is 0 Å². The number of hydrogen-bond acceptors (Lipinski definition) is 2. The molecule has 82 valence electrons. The van der Waals surface area contributed by atoms with E-state index in [9.17, 15) is 0 Å². The van der Waals surface area contributed by atoms with Gasteiger partial charge in [0.05, 0.1) is 0 Å². The van der Waals surface area contributed by atoms with Crippen molar-refractivity contribution in [1.82, 2.24) is 9.97 Å². The normalized spacial score (nSPS) is 10.7. The molecule has 0 amide bonds. The monoisotopic (exact) mass is 212 g/mol. The van der Waals surface area contributed by atoms with Gasteiger partial charge in [-0.05, 0) is 24.0 Å². The highest BCUT2D eigenvalue weighted by molar-refractivity contribution is 5.54. The minimum Gasteiger partial charge on any atom is -0.237 e. The summed E-state index contributed by atoms with van der Waals surface area (Å²) in [5, 5.41) is 0. The molecule has 0 unspecified atom stereocenters. The lowest BCUT2D eigenvalue weighted by Gasteiger charge is -2.05. The summed E-state index contributed by atoms with van der Waals surface area (Å²) in [4.78, 5) is 8.46. The molecule has 0 aliphatic rings. The zero-order chi connectivity index (χ0) is 11.4. The predicted octanol–water partition coefficient (Wildman–Crippen LogP) is 3.34. The molecule has 0 saturated carbocycles. The molecule has 0 spiro atoms. The Morgan fingerprint density at radius 3 is 2.19 bits per heavy atom. The van der Waals surface area contributed by atoms with Gasteiger partial charge in [0.25, 0.3) is 0 Å². The van der Waals surface area contributed by atoms with E-state index in [0.717, 1.165) is 17.8 Å². The van der Waals surface area contributed by atoms with Crippen molar-refractivity contribution in [3.63, 3.8) is 0 Å². The zero-order valence-electron chi connectivity index (χ0n) is 9.72. The van der Waals surface area contributed by atoms with Gasteiger partial charge in [0, 0.05) is 18.0 Å². The Bertz CT molecular complexity index is 432. The third-order valence-corrected chi connectivity index (χ3v) is 2.42. The Labute approximate surface area is 96.4 Å². The van der Waals surface area contributed by atoms with Crippen molar-refractivity contribution in [3.05, 3.63) is 48.3 Å². The van der Waals surface area contributed by atoms with Crippen molar-refractivity contribution in [3.8, 4) is 11.4 Å². The molecule has 2 rings (SSSR count). The molecule has 1 aromatic heterocycles. The molecule has 1 aromatic carbocycles. The highest BCUT2D eigenvalue weighted by atomic mass is 14.8. The van der Waals surface area contributed by atoms with Crippen LogP contribution in [0.15, 0.2) is 42.7 Å². The van der Waals surface area contributed by atoms with E-state index in [4.69, 9.17) is 0 Å². The SMILES string of the molecule is CC(C)Cc1ccc(-c2ncccn2)cc1. The van der Waals surface area contributed by atoms with Crippen LogP contribution in [0.4, 0.5) is 0 Å². The maximum atomic E-state index is 4.23. The summed E-state index contributed by atoms with van der Waals surface area (Å²) in [5.41, 5.74) is 2.45. The van der Waals surface area contributed by atoms with Crippen LogP contribution in [0.5, 0.6) is 0 Å². The van der Waals surface area contributed by atoms with Crippen LogP contribution >= 0.6 is 0 Å². The minimum atomic E-state index is 0.693. The summed E-state index contributed by atoms with van der Waals surface area (Å²) in [5.74, 6) is 1.48. The molecular weight excluding hydrogens is 196 g/mol. The minimum absolute atomic E-state index is 0.693. The van der Waals surface area contributed by atoms with Gasteiger partial charge in [-0.15, -0.1) is 0 Å². The standard InChI is InChI=1S/C14H16N2/c1-11(2)10-12-4-6-13(7-5-12)14-15-8-3-9-16-14/h3-9,11H,10H2,1-2H3. The number of nitrogens with zero attached hydrogens (tertiary/aromatic N) is 2. The molecule has 1 heterocycles. The fourth-order valence-corrected chi connectivity index (χ4v) is 1.71. The summed E-state index contributed by atoms with van der Waals surface area (Å²) < 4.78 is 0. The highest BCUT2D eigenvalue weighted by Gasteiger charge is 2.01. The van der Waals surface area contributed by atoms with Gasteiger partial charge in [-0.2, -0.15) is 0 Å². The number of benzene rings is 1. The van der Waals surface area contributed by atoms with E-state index in [2.05, 4.69) is 48.1 Å². The van der Waals surface area contributed by atoms with Crippen LogP contribution in [0.3, 0.4) is 0 Å². The molecule has 2 heteroatoms. The topological polar surface area (TPSA) is 25.8 Å². The quantitative estimate of drug-likeness (QED) is 0.779. The second-order valence-corrected chi connectivity index (χ2v) is 4.37. The summed E-state index contributed by atoms with van der Waals surface area (Å²) >= 11 is 0. The van der Waals surface area contributed by atoms with Gasteiger partial charge in [-0.3, -0.25) is 0 Å². The van der Waals surface area contributed by atoms with Crippen LogP contribution in [-0.2, 0) is 6.42 Å². The lowest BCUT2D eigenvalue weighted by atomic mass is 10.0. The molecule has 0 aliphatic carbocycles. The highest BCUT2D eigenvalue weighted by Crippen LogP contribution is 2.16. The molecule has 0 fully saturated rings. The number of hydrogen-bond donors (Lipinski definition) is 0. The van der Waals surface area contributed by atoms with Gasteiger partial charge >= 0.3 is 0 Å². The van der Waals surface area contributed by atoms with Crippen molar-refractivity contribution in [1.29, 1.82) is 0 Å². The third-order valence-electron chi connectivity index (χ3n) is 2.42. The van der Waals surface area contributed by atoms with Crippen molar-refractivity contribution in [2.24, 2.45) is 5.92 Å². The van der Waals surface area contributed by atoms with Crippen LogP contribution in [-0.4, -0.2) is 9.97 Å². The first-order chi connectivity index (χ1) is 7.75. The van der Waals surface area contributed by atoms with Crippen LogP contribution in [0.25, 0.3) is 11.4 Å². The van der Waals surface area contributed by atoms with Gasteiger partial charge in [0.2, 0.25) is 0 Å². The summed E-state index contributed by atoms with van der Waals surface area (Å²) in [6, 6.07) is 10.3. The molecule has 2 nitrogen and oxygen atoms in total. The first kappa shape index (κ1) is 10.8. The fraction of sp³-hybridized carbons (Fsp3) is 0.286. The summed E-state index contributed by atoms with van der Waals surface area (Å²) in [6.45, 7) is 4.46. The largest absolute Gasteiger partial charge is 0.237 e. The van der Waals surface area contributed by atoms with E-state index in [0.29, 0.717) is 5.92 Å². The predicted molar refractivity (Wildman–Crippen MR) is 66.0 cm³/mol. The van der Waals surface area contributed by atoms with E-state index in [-0.39, 0.29) is 0 Å². The Hall–Kier alpha value is -1.70. The van der Waals surface area contributed by atoms with E-state index < -0.39 is 0 Å². The van der Waals surface area contributed by atoms with Crippen LogP contribution in [0.1, 0.15) is 19.4 Å². The van der Waals surface area contributed by atoms with Gasteiger partial charge < -0.3 is 0 Å². The lowest BCUT2D eigenvalue weighted by Crippen LogP contribution is -1.94. The first-order valence-corrected chi connectivity index (χ1v) is 5.62. The summed E-state index contributed by atoms with van der Waals surface area (Å²) in [6.07, 6.45) is 4.66. The van der Waals surface area contributed by atoms with Gasteiger partial charge in [-0.25, -0.2) is 9.97 Å². The van der Waals surface area contributed by atoms with Gasteiger partial charge in [0.1, 0.15) is 0 Å². The number of rotatable bonds is 3. The Balaban J connectivity index is 2.20. The zero-order valence-corrected chi connectivity index (χ0v) is 9.72. The molecule has 0 radical (unpaired) electrons. The fourth-order valence-electron chi connectivity index (χ4n) is 1.71. The van der Waals surface area contributed by atoms with Crippen molar-refractivity contribution in [2.45, 2.75) is 20.3 Å². The molecule has 16 heavy (non-hydrogen) atoms. The number of aromatic nitrogens is 2. The second kappa shape index (κ2) is 4.88. The lowest BCUT2D eigenvalue weighted by molar-refractivity contribution is 0.647. The maximum absolute atomic E-state index is 4.23. The maximum Gasteiger partial charge on any atom is 0.159 e. The van der Waals surface area contributed by atoms with E-state index in [1.54, 1.807) is 12.4 Å². The second-order valence-electron chi connectivity index (χ2n) is 4.37. The average molecular weight is 212 g/mol. The van der Waals surface area contributed by atoms with Crippen molar-refractivity contribution >= 4 is 0 Å². The Morgan fingerprint density at radius 2 is 1.62 bits per heavy atom.